The number of pyridine rings is 1. The summed E-state index contributed by atoms with van der Waals surface area (Å²) < 4.78 is 2.19. The predicted molar refractivity (Wildman–Crippen MR) is 82.3 cm³/mol. The van der Waals surface area contributed by atoms with Gasteiger partial charge in [-0.2, -0.15) is 5.10 Å². The zero-order chi connectivity index (χ0) is 13.9. The smallest absolute Gasteiger partial charge is 0.0757 e. The van der Waals surface area contributed by atoms with Crippen LogP contribution in [0, 0.1) is 20.8 Å². The molecule has 4 rings (SSSR count). The van der Waals surface area contributed by atoms with Gasteiger partial charge in [0.05, 0.1) is 16.7 Å². The van der Waals surface area contributed by atoms with Crippen molar-refractivity contribution in [2.24, 2.45) is 0 Å². The number of fused-ring (bicyclic) bond motifs is 5. The van der Waals surface area contributed by atoms with Crippen LogP contribution in [0.2, 0.25) is 0 Å². The van der Waals surface area contributed by atoms with Gasteiger partial charge in [-0.25, -0.2) is 4.52 Å². The second-order valence-corrected chi connectivity index (χ2v) is 5.83. The summed E-state index contributed by atoms with van der Waals surface area (Å²) in [6, 6.07) is 6.53. The van der Waals surface area contributed by atoms with Gasteiger partial charge in [0.2, 0.25) is 0 Å². The number of hydrogen-bond donors (Lipinski definition) is 1. The van der Waals surface area contributed by atoms with E-state index in [0.29, 0.717) is 0 Å². The average Bonchev–Trinajstić information content (AvgIpc) is 2.84. The topological polar surface area (TPSA) is 29.3 Å². The minimum absolute atomic E-state index is 0.941. The SMILES string of the molecule is Cc1c(C)c2c3c(nn2c2c(C)cccc12)CCNC3. The number of para-hydroxylation sites is 1. The van der Waals surface area contributed by atoms with E-state index in [2.05, 4.69) is 48.8 Å². The Bertz CT molecular complexity index is 843. The quantitative estimate of drug-likeness (QED) is 0.677. The van der Waals surface area contributed by atoms with E-state index in [1.807, 2.05) is 0 Å². The number of rotatable bonds is 0. The summed E-state index contributed by atoms with van der Waals surface area (Å²) >= 11 is 0. The number of benzene rings is 1. The summed E-state index contributed by atoms with van der Waals surface area (Å²) in [7, 11) is 0. The summed E-state index contributed by atoms with van der Waals surface area (Å²) in [5.74, 6) is 0. The van der Waals surface area contributed by atoms with Crippen molar-refractivity contribution in [1.82, 2.24) is 14.9 Å². The van der Waals surface area contributed by atoms with Crippen LogP contribution >= 0.6 is 0 Å². The molecular formula is C17H19N3. The van der Waals surface area contributed by atoms with Crippen LogP contribution < -0.4 is 5.32 Å². The van der Waals surface area contributed by atoms with Crippen LogP contribution in [0.3, 0.4) is 0 Å². The third kappa shape index (κ3) is 1.41. The van der Waals surface area contributed by atoms with Crippen molar-refractivity contribution in [2.45, 2.75) is 33.7 Å². The molecule has 20 heavy (non-hydrogen) atoms. The summed E-state index contributed by atoms with van der Waals surface area (Å²) in [6.07, 6.45) is 1.03. The zero-order valence-corrected chi connectivity index (χ0v) is 12.2. The largest absolute Gasteiger partial charge is 0.312 e. The molecular weight excluding hydrogens is 246 g/mol. The van der Waals surface area contributed by atoms with E-state index in [1.54, 1.807) is 0 Å². The number of hydrogen-bond acceptors (Lipinski definition) is 2. The van der Waals surface area contributed by atoms with Crippen LogP contribution in [0.4, 0.5) is 0 Å². The van der Waals surface area contributed by atoms with Gasteiger partial charge in [0.1, 0.15) is 0 Å². The molecule has 3 heterocycles. The fourth-order valence-corrected chi connectivity index (χ4v) is 3.47. The fourth-order valence-electron chi connectivity index (χ4n) is 3.47. The zero-order valence-electron chi connectivity index (χ0n) is 12.2. The maximum atomic E-state index is 4.92. The Morgan fingerprint density at radius 1 is 1.10 bits per heavy atom. The lowest BCUT2D eigenvalue weighted by Gasteiger charge is -2.14. The molecule has 0 saturated heterocycles. The molecule has 3 nitrogen and oxygen atoms in total. The molecule has 0 aliphatic carbocycles. The molecule has 0 unspecified atom stereocenters. The first kappa shape index (κ1) is 11.9. The number of nitrogens with zero attached hydrogens (tertiary/aromatic N) is 2. The highest BCUT2D eigenvalue weighted by molar-refractivity contribution is 5.91. The molecule has 1 aliphatic heterocycles. The van der Waals surface area contributed by atoms with E-state index in [4.69, 9.17) is 5.10 Å². The van der Waals surface area contributed by atoms with Crippen molar-refractivity contribution in [3.63, 3.8) is 0 Å². The fraction of sp³-hybridized carbons (Fsp3) is 0.353. The van der Waals surface area contributed by atoms with Crippen molar-refractivity contribution in [2.75, 3.05) is 6.54 Å². The van der Waals surface area contributed by atoms with Gasteiger partial charge in [0.15, 0.2) is 0 Å². The van der Waals surface area contributed by atoms with Gasteiger partial charge in [-0.15, -0.1) is 0 Å². The minimum atomic E-state index is 0.941. The predicted octanol–water partition coefficient (Wildman–Crippen LogP) is 3.06. The van der Waals surface area contributed by atoms with Crippen LogP contribution in [0.5, 0.6) is 0 Å². The van der Waals surface area contributed by atoms with Gasteiger partial charge in [-0.1, -0.05) is 18.2 Å². The average molecular weight is 265 g/mol. The van der Waals surface area contributed by atoms with Crippen molar-refractivity contribution in [1.29, 1.82) is 0 Å². The van der Waals surface area contributed by atoms with Gasteiger partial charge >= 0.3 is 0 Å². The number of nitrogens with one attached hydrogen (secondary N) is 1. The van der Waals surface area contributed by atoms with Crippen LogP contribution in [-0.4, -0.2) is 16.2 Å². The van der Waals surface area contributed by atoms with Gasteiger partial charge in [-0.05, 0) is 37.5 Å². The highest BCUT2D eigenvalue weighted by atomic mass is 15.2. The molecule has 0 atom stereocenters. The number of aromatic nitrogens is 2. The minimum Gasteiger partial charge on any atom is -0.312 e. The van der Waals surface area contributed by atoms with E-state index in [0.717, 1.165) is 19.5 Å². The molecule has 1 aromatic carbocycles. The van der Waals surface area contributed by atoms with Crippen molar-refractivity contribution in [3.8, 4) is 0 Å². The Kier molecular flexibility index (Phi) is 2.42. The molecule has 0 saturated carbocycles. The van der Waals surface area contributed by atoms with E-state index in [1.165, 1.54) is 44.4 Å². The van der Waals surface area contributed by atoms with Crippen LogP contribution in [0.1, 0.15) is 27.9 Å². The summed E-state index contributed by atoms with van der Waals surface area (Å²) in [5, 5.41) is 9.72. The van der Waals surface area contributed by atoms with Crippen LogP contribution in [0.15, 0.2) is 18.2 Å². The molecule has 1 N–H and O–H groups in total. The Morgan fingerprint density at radius 3 is 2.80 bits per heavy atom. The lowest BCUT2D eigenvalue weighted by molar-refractivity contribution is 0.637. The molecule has 3 heteroatoms. The second kappa shape index (κ2) is 4.06. The summed E-state index contributed by atoms with van der Waals surface area (Å²) in [5.41, 5.74) is 9.27. The maximum Gasteiger partial charge on any atom is 0.0757 e. The van der Waals surface area contributed by atoms with Gasteiger partial charge in [0.25, 0.3) is 0 Å². The van der Waals surface area contributed by atoms with E-state index < -0.39 is 0 Å². The second-order valence-electron chi connectivity index (χ2n) is 5.83. The summed E-state index contributed by atoms with van der Waals surface area (Å²) in [6.45, 7) is 8.60. The normalized spacial score (nSPS) is 14.9. The van der Waals surface area contributed by atoms with Crippen molar-refractivity contribution < 1.29 is 0 Å². The highest BCUT2D eigenvalue weighted by Gasteiger charge is 2.21. The monoisotopic (exact) mass is 265 g/mol. The van der Waals surface area contributed by atoms with Gasteiger partial charge in [-0.3, -0.25) is 0 Å². The van der Waals surface area contributed by atoms with Gasteiger partial charge in [0, 0.05) is 30.5 Å². The molecule has 1 aliphatic rings. The molecule has 2 aromatic heterocycles. The highest BCUT2D eigenvalue weighted by Crippen LogP contribution is 2.31. The molecule has 0 radical (unpaired) electrons. The first-order chi connectivity index (χ1) is 9.68. The van der Waals surface area contributed by atoms with Crippen molar-refractivity contribution in [3.05, 3.63) is 46.1 Å². The first-order valence-corrected chi connectivity index (χ1v) is 7.28. The first-order valence-electron chi connectivity index (χ1n) is 7.28. The maximum absolute atomic E-state index is 4.92. The molecule has 0 fully saturated rings. The molecule has 0 spiro atoms. The van der Waals surface area contributed by atoms with E-state index >= 15 is 0 Å². The van der Waals surface area contributed by atoms with Crippen LogP contribution in [-0.2, 0) is 13.0 Å². The number of aryl methyl sites for hydroxylation is 3. The third-order valence-electron chi connectivity index (χ3n) is 4.68. The molecule has 102 valence electrons. The Hall–Kier alpha value is -1.87. The Labute approximate surface area is 118 Å². The molecule has 0 bridgehead atoms. The summed E-state index contributed by atoms with van der Waals surface area (Å²) in [4.78, 5) is 0. The van der Waals surface area contributed by atoms with E-state index in [9.17, 15) is 0 Å². The Morgan fingerprint density at radius 2 is 1.95 bits per heavy atom. The molecule has 3 aromatic rings. The van der Waals surface area contributed by atoms with Gasteiger partial charge < -0.3 is 5.32 Å². The standard InChI is InChI=1S/C17H19N3/c1-10-5-4-6-13-11(2)12(3)17-14-9-18-8-7-15(14)19-20(17)16(10)13/h4-6,18H,7-9H2,1-3H3. The molecule has 0 amide bonds. The van der Waals surface area contributed by atoms with E-state index in [-0.39, 0.29) is 0 Å². The Balaban J connectivity index is 2.28. The lowest BCUT2D eigenvalue weighted by atomic mass is 9.98. The lowest BCUT2D eigenvalue weighted by Crippen LogP contribution is -2.23. The van der Waals surface area contributed by atoms with Crippen molar-refractivity contribution >= 4 is 16.4 Å². The third-order valence-corrected chi connectivity index (χ3v) is 4.68. The van der Waals surface area contributed by atoms with Crippen LogP contribution in [0.25, 0.3) is 16.4 Å².